The predicted octanol–water partition coefficient (Wildman–Crippen LogP) is 0.767. The lowest BCUT2D eigenvalue weighted by atomic mass is 9.79. The van der Waals surface area contributed by atoms with E-state index in [0.29, 0.717) is 5.75 Å². The zero-order valence-corrected chi connectivity index (χ0v) is 18.9. The first kappa shape index (κ1) is 29.7. The summed E-state index contributed by atoms with van der Waals surface area (Å²) >= 11 is 0. The van der Waals surface area contributed by atoms with Gasteiger partial charge in [0.15, 0.2) is 0 Å². The number of ether oxygens (including phenoxy) is 1. The molecule has 176 valence electrons. The van der Waals surface area contributed by atoms with Gasteiger partial charge in [-0.15, -0.1) is 0 Å². The van der Waals surface area contributed by atoms with Crippen LogP contribution in [0.5, 0.6) is 5.75 Å². The van der Waals surface area contributed by atoms with E-state index in [1.807, 2.05) is 62.4 Å². The van der Waals surface area contributed by atoms with E-state index < -0.39 is 28.7 Å². The van der Waals surface area contributed by atoms with Crippen molar-refractivity contribution in [2.45, 2.75) is 20.0 Å². The Morgan fingerprint density at radius 2 is 1.10 bits per heavy atom. The van der Waals surface area contributed by atoms with E-state index in [2.05, 4.69) is 0 Å². The lowest BCUT2D eigenvalue weighted by Gasteiger charge is -2.37. The SMILES string of the molecule is Cc1ccccc1OC(c1ccccc1C)C(CO)(CO)CO.OP(O)O.OP(O)O. The fraction of sp³-hybridized carbons (Fsp3) is 0.368. The predicted molar refractivity (Wildman–Crippen MR) is 117 cm³/mol. The molecule has 10 nitrogen and oxygen atoms in total. The number of aryl methyl sites for hydroxylation is 2. The Bertz CT molecular complexity index is 721. The van der Waals surface area contributed by atoms with Gasteiger partial charge in [-0.05, 0) is 36.6 Å². The molecule has 1 unspecified atom stereocenters. The molecule has 1 atom stereocenters. The Labute approximate surface area is 183 Å². The highest BCUT2D eigenvalue weighted by Gasteiger charge is 2.41. The van der Waals surface area contributed by atoms with Crippen LogP contribution in [0.2, 0.25) is 0 Å². The number of aliphatic hydroxyl groups excluding tert-OH is 3. The third-order valence-corrected chi connectivity index (χ3v) is 4.31. The average Bonchev–Trinajstić information content (AvgIpc) is 2.70. The van der Waals surface area contributed by atoms with Crippen molar-refractivity contribution < 1.29 is 49.4 Å². The highest BCUT2D eigenvalue weighted by Crippen LogP contribution is 2.39. The minimum Gasteiger partial charge on any atom is -0.485 e. The van der Waals surface area contributed by atoms with Crippen molar-refractivity contribution in [2.75, 3.05) is 19.8 Å². The monoisotopic (exact) mass is 480 g/mol. The number of hydrogen-bond acceptors (Lipinski definition) is 10. The second kappa shape index (κ2) is 15.5. The van der Waals surface area contributed by atoms with Gasteiger partial charge in [0, 0.05) is 0 Å². The van der Waals surface area contributed by atoms with Gasteiger partial charge in [0.25, 0.3) is 0 Å². The standard InChI is InChI=1S/C19H24O4.2H3O3P/c1-14-7-3-5-9-16(14)18(19(11-20,12-21)13-22)23-17-10-6-4-8-15(17)2;2*1-4(2)3/h3-10,18,20-22H,11-13H2,1-2H3;2*1-3H. The summed E-state index contributed by atoms with van der Waals surface area (Å²) in [6.45, 7) is 2.73. The molecule has 2 rings (SSSR count). The summed E-state index contributed by atoms with van der Waals surface area (Å²) in [5.74, 6) is 0.667. The summed E-state index contributed by atoms with van der Waals surface area (Å²) in [6.07, 6.45) is -0.662. The van der Waals surface area contributed by atoms with Crippen molar-refractivity contribution in [2.24, 2.45) is 5.41 Å². The minimum absolute atomic E-state index is 0.384. The van der Waals surface area contributed by atoms with Crippen molar-refractivity contribution in [3.05, 3.63) is 65.2 Å². The smallest absolute Gasteiger partial charge is 0.324 e. The van der Waals surface area contributed by atoms with Gasteiger partial charge in [-0.3, -0.25) is 0 Å². The van der Waals surface area contributed by atoms with E-state index in [-0.39, 0.29) is 19.8 Å². The first-order valence-corrected chi connectivity index (χ1v) is 11.3. The van der Waals surface area contributed by atoms with Crippen LogP contribution in [-0.4, -0.2) is 64.5 Å². The van der Waals surface area contributed by atoms with Gasteiger partial charge < -0.3 is 49.4 Å². The fourth-order valence-corrected chi connectivity index (χ4v) is 2.61. The van der Waals surface area contributed by atoms with Crippen LogP contribution in [0.15, 0.2) is 48.5 Å². The molecule has 0 saturated heterocycles. The molecular weight excluding hydrogens is 450 g/mol. The minimum atomic E-state index is -2.62. The summed E-state index contributed by atoms with van der Waals surface area (Å²) in [5, 5.41) is 29.5. The summed E-state index contributed by atoms with van der Waals surface area (Å²) in [5.41, 5.74) is 1.60. The van der Waals surface area contributed by atoms with E-state index in [1.54, 1.807) is 0 Å². The van der Waals surface area contributed by atoms with Crippen LogP contribution in [-0.2, 0) is 0 Å². The molecule has 2 aromatic carbocycles. The molecule has 0 aromatic heterocycles. The third-order valence-electron chi connectivity index (χ3n) is 4.31. The van der Waals surface area contributed by atoms with Crippen LogP contribution in [0.4, 0.5) is 0 Å². The molecule has 0 fully saturated rings. The van der Waals surface area contributed by atoms with E-state index in [1.165, 1.54) is 0 Å². The van der Waals surface area contributed by atoms with Crippen LogP contribution in [0, 0.1) is 19.3 Å². The van der Waals surface area contributed by atoms with E-state index >= 15 is 0 Å². The molecule has 0 radical (unpaired) electrons. The van der Waals surface area contributed by atoms with Crippen molar-refractivity contribution in [3.8, 4) is 5.75 Å². The highest BCUT2D eigenvalue weighted by molar-refractivity contribution is 7.38. The topological polar surface area (TPSA) is 191 Å². The first-order valence-electron chi connectivity index (χ1n) is 8.88. The first-order chi connectivity index (χ1) is 14.5. The Kier molecular flexibility index (Phi) is 14.9. The van der Waals surface area contributed by atoms with Crippen LogP contribution in [0.25, 0.3) is 0 Å². The Balaban J connectivity index is 0.000000967. The lowest BCUT2D eigenvalue weighted by Crippen LogP contribution is -2.43. The van der Waals surface area contributed by atoms with Gasteiger partial charge in [-0.25, -0.2) is 0 Å². The van der Waals surface area contributed by atoms with Crippen LogP contribution in [0.3, 0.4) is 0 Å². The van der Waals surface area contributed by atoms with E-state index in [0.717, 1.165) is 16.7 Å². The Hall–Kier alpha value is -1.26. The van der Waals surface area contributed by atoms with Gasteiger partial charge in [0.1, 0.15) is 11.9 Å². The molecular formula is C19H30O10P2. The molecule has 31 heavy (non-hydrogen) atoms. The van der Waals surface area contributed by atoms with Gasteiger partial charge in [-0.1, -0.05) is 42.5 Å². The summed E-state index contributed by atoms with van der Waals surface area (Å²) in [4.78, 5) is 43.4. The molecule has 9 N–H and O–H groups in total. The molecule has 12 heteroatoms. The van der Waals surface area contributed by atoms with E-state index in [9.17, 15) is 15.3 Å². The maximum atomic E-state index is 9.85. The molecule has 0 aliphatic carbocycles. The van der Waals surface area contributed by atoms with E-state index in [4.69, 9.17) is 34.1 Å². The highest BCUT2D eigenvalue weighted by atomic mass is 31.2. The number of aliphatic hydroxyl groups is 3. The molecule has 2 aromatic rings. The molecule has 0 aliphatic rings. The zero-order chi connectivity index (χ0) is 24.0. The van der Waals surface area contributed by atoms with Gasteiger partial charge in [0.2, 0.25) is 0 Å². The van der Waals surface area contributed by atoms with Gasteiger partial charge in [-0.2, -0.15) is 0 Å². The Morgan fingerprint density at radius 1 is 0.710 bits per heavy atom. The number of rotatable bonds is 7. The molecule has 0 heterocycles. The average molecular weight is 480 g/mol. The number of para-hydroxylation sites is 1. The molecule has 0 saturated carbocycles. The number of benzene rings is 2. The largest absolute Gasteiger partial charge is 0.485 e. The summed E-state index contributed by atoms with van der Waals surface area (Å²) in [6, 6.07) is 15.2. The fourth-order valence-electron chi connectivity index (χ4n) is 2.61. The molecule has 0 aliphatic heterocycles. The third kappa shape index (κ3) is 10.7. The van der Waals surface area contributed by atoms with Crippen molar-refractivity contribution in [1.29, 1.82) is 0 Å². The number of hydrogen-bond donors (Lipinski definition) is 9. The molecule has 0 amide bonds. The second-order valence-electron chi connectivity index (χ2n) is 6.49. The van der Waals surface area contributed by atoms with Crippen molar-refractivity contribution in [1.82, 2.24) is 0 Å². The second-order valence-corrected chi connectivity index (χ2v) is 7.57. The maximum absolute atomic E-state index is 9.85. The maximum Gasteiger partial charge on any atom is 0.324 e. The zero-order valence-electron chi connectivity index (χ0n) is 17.1. The molecule has 0 bridgehead atoms. The Morgan fingerprint density at radius 3 is 1.48 bits per heavy atom. The normalized spacial score (nSPS) is 11.9. The summed E-state index contributed by atoms with van der Waals surface area (Å²) in [7, 11) is -5.24. The quantitative estimate of drug-likeness (QED) is 0.256. The summed E-state index contributed by atoms with van der Waals surface area (Å²) < 4.78 is 6.17. The van der Waals surface area contributed by atoms with Crippen LogP contribution < -0.4 is 4.74 Å². The molecule has 0 spiro atoms. The van der Waals surface area contributed by atoms with Crippen LogP contribution in [0.1, 0.15) is 22.8 Å². The van der Waals surface area contributed by atoms with Crippen molar-refractivity contribution in [3.63, 3.8) is 0 Å². The van der Waals surface area contributed by atoms with Crippen molar-refractivity contribution >= 4 is 17.2 Å². The lowest BCUT2D eigenvalue weighted by molar-refractivity contribution is -0.0746. The van der Waals surface area contributed by atoms with Crippen LogP contribution >= 0.6 is 17.2 Å². The van der Waals surface area contributed by atoms with Gasteiger partial charge >= 0.3 is 17.2 Å². The van der Waals surface area contributed by atoms with Gasteiger partial charge in [0.05, 0.1) is 25.2 Å².